The largest absolute Gasteiger partial charge is 0.449 e. The highest BCUT2D eigenvalue weighted by Gasteiger charge is 2.20. The Morgan fingerprint density at radius 3 is 2.12 bits per heavy atom. The summed E-state index contributed by atoms with van der Waals surface area (Å²) in [6.45, 7) is 3.46. The molecule has 5 heteroatoms. The highest BCUT2D eigenvalue weighted by atomic mass is 16.5. The van der Waals surface area contributed by atoms with Gasteiger partial charge in [-0.3, -0.25) is 4.79 Å². The number of rotatable bonds is 6. The third-order valence-electron chi connectivity index (χ3n) is 3.93. The lowest BCUT2D eigenvalue weighted by Gasteiger charge is -2.18. The standard InChI is InChI=1S/C20H24N2O3/c1-14(16-8-6-5-7-9-16)21-19(23)15(2)25-20(24)17-10-12-18(13-11-17)22(3)4/h5-15H,1-4H3,(H,21,23). The Morgan fingerprint density at radius 2 is 1.56 bits per heavy atom. The number of ether oxygens (including phenoxy) is 1. The minimum absolute atomic E-state index is 0.158. The van der Waals surface area contributed by atoms with Crippen molar-refractivity contribution in [3.63, 3.8) is 0 Å². The zero-order chi connectivity index (χ0) is 18.4. The van der Waals surface area contributed by atoms with E-state index >= 15 is 0 Å². The number of nitrogens with one attached hydrogen (secondary N) is 1. The summed E-state index contributed by atoms with van der Waals surface area (Å²) < 4.78 is 5.27. The lowest BCUT2D eigenvalue weighted by Crippen LogP contribution is -2.37. The van der Waals surface area contributed by atoms with Gasteiger partial charge in [0, 0.05) is 19.8 Å². The molecule has 0 aliphatic carbocycles. The fourth-order valence-electron chi connectivity index (χ4n) is 2.33. The van der Waals surface area contributed by atoms with Crippen molar-refractivity contribution < 1.29 is 14.3 Å². The van der Waals surface area contributed by atoms with Crippen LogP contribution in [-0.4, -0.2) is 32.1 Å². The molecule has 2 aromatic rings. The molecule has 0 saturated heterocycles. The van der Waals surface area contributed by atoms with Gasteiger partial charge in [0.2, 0.25) is 0 Å². The first-order valence-corrected chi connectivity index (χ1v) is 8.22. The quantitative estimate of drug-likeness (QED) is 0.821. The topological polar surface area (TPSA) is 58.6 Å². The van der Waals surface area contributed by atoms with Gasteiger partial charge < -0.3 is 15.0 Å². The van der Waals surface area contributed by atoms with E-state index in [2.05, 4.69) is 5.32 Å². The normalized spacial score (nSPS) is 12.8. The average Bonchev–Trinajstić information content (AvgIpc) is 2.62. The van der Waals surface area contributed by atoms with E-state index in [4.69, 9.17) is 4.74 Å². The van der Waals surface area contributed by atoms with Crippen LogP contribution < -0.4 is 10.2 Å². The second-order valence-electron chi connectivity index (χ2n) is 6.13. The Bertz CT molecular complexity index is 711. The maximum atomic E-state index is 12.2. The van der Waals surface area contributed by atoms with E-state index in [0.717, 1.165) is 11.3 Å². The number of hydrogen-bond donors (Lipinski definition) is 1. The van der Waals surface area contributed by atoms with Crippen LogP contribution in [0.5, 0.6) is 0 Å². The molecule has 0 aromatic heterocycles. The molecule has 0 aliphatic rings. The predicted molar refractivity (Wildman–Crippen MR) is 98.6 cm³/mol. The van der Waals surface area contributed by atoms with Gasteiger partial charge in [-0.05, 0) is 43.7 Å². The number of esters is 1. The second-order valence-corrected chi connectivity index (χ2v) is 6.13. The molecule has 0 radical (unpaired) electrons. The molecule has 1 N–H and O–H groups in total. The highest BCUT2D eigenvalue weighted by molar-refractivity contribution is 5.92. The van der Waals surface area contributed by atoms with Gasteiger partial charge in [0.1, 0.15) is 0 Å². The molecule has 1 amide bonds. The summed E-state index contributed by atoms with van der Waals surface area (Å²) in [5.41, 5.74) is 2.40. The molecule has 2 aromatic carbocycles. The predicted octanol–water partition coefficient (Wildman–Crippen LogP) is 3.18. The number of amides is 1. The molecule has 2 unspecified atom stereocenters. The number of benzene rings is 2. The molecule has 5 nitrogen and oxygen atoms in total. The third-order valence-corrected chi connectivity index (χ3v) is 3.93. The maximum absolute atomic E-state index is 12.2. The first-order chi connectivity index (χ1) is 11.9. The smallest absolute Gasteiger partial charge is 0.338 e. The number of carbonyl (C=O) groups excluding carboxylic acids is 2. The molecule has 132 valence electrons. The summed E-state index contributed by atoms with van der Waals surface area (Å²) in [7, 11) is 3.85. The van der Waals surface area contributed by atoms with Crippen LogP contribution in [0, 0.1) is 0 Å². The van der Waals surface area contributed by atoms with E-state index in [1.165, 1.54) is 0 Å². The summed E-state index contributed by atoms with van der Waals surface area (Å²) in [6.07, 6.45) is -0.868. The fraction of sp³-hybridized carbons (Fsp3) is 0.300. The van der Waals surface area contributed by atoms with Gasteiger partial charge in [0.25, 0.3) is 5.91 Å². The number of anilines is 1. The zero-order valence-corrected chi connectivity index (χ0v) is 15.0. The summed E-state index contributed by atoms with van der Waals surface area (Å²) in [4.78, 5) is 26.4. The van der Waals surface area contributed by atoms with Crippen LogP contribution in [0.15, 0.2) is 54.6 Å². The van der Waals surface area contributed by atoms with E-state index in [1.54, 1.807) is 19.1 Å². The van der Waals surface area contributed by atoms with Crippen LogP contribution in [0.25, 0.3) is 0 Å². The Labute approximate surface area is 148 Å². The Morgan fingerprint density at radius 1 is 0.960 bits per heavy atom. The van der Waals surface area contributed by atoms with Gasteiger partial charge in [0.05, 0.1) is 11.6 Å². The van der Waals surface area contributed by atoms with Crippen LogP contribution >= 0.6 is 0 Å². The highest BCUT2D eigenvalue weighted by Crippen LogP contribution is 2.14. The number of nitrogens with zero attached hydrogens (tertiary/aromatic N) is 1. The summed E-state index contributed by atoms with van der Waals surface area (Å²) >= 11 is 0. The molecule has 2 atom stereocenters. The first-order valence-electron chi connectivity index (χ1n) is 8.22. The Hall–Kier alpha value is -2.82. The molecule has 0 spiro atoms. The van der Waals surface area contributed by atoms with Gasteiger partial charge >= 0.3 is 5.97 Å². The maximum Gasteiger partial charge on any atom is 0.338 e. The molecule has 0 fully saturated rings. The van der Waals surface area contributed by atoms with E-state index in [1.807, 2.05) is 68.4 Å². The molecule has 0 heterocycles. The van der Waals surface area contributed by atoms with Crippen molar-refractivity contribution in [2.75, 3.05) is 19.0 Å². The molecule has 0 aliphatic heterocycles. The van der Waals surface area contributed by atoms with Gasteiger partial charge in [0.15, 0.2) is 6.10 Å². The van der Waals surface area contributed by atoms with Gasteiger partial charge in [-0.2, -0.15) is 0 Å². The Kier molecular flexibility index (Phi) is 6.17. The van der Waals surface area contributed by atoms with Crippen LogP contribution in [0.4, 0.5) is 5.69 Å². The van der Waals surface area contributed by atoms with Crippen molar-refractivity contribution in [2.24, 2.45) is 0 Å². The second kappa shape index (κ2) is 8.33. The SMILES string of the molecule is CC(OC(=O)c1ccc(N(C)C)cc1)C(=O)NC(C)c1ccccc1. The number of carbonyl (C=O) groups is 2. The van der Waals surface area contributed by atoms with Crippen molar-refractivity contribution in [1.82, 2.24) is 5.32 Å². The lowest BCUT2D eigenvalue weighted by atomic mass is 10.1. The summed E-state index contributed by atoms with van der Waals surface area (Å²) in [5.74, 6) is -0.838. The van der Waals surface area contributed by atoms with E-state index in [9.17, 15) is 9.59 Å². The minimum Gasteiger partial charge on any atom is -0.449 e. The van der Waals surface area contributed by atoms with Crippen molar-refractivity contribution in [2.45, 2.75) is 26.0 Å². The Balaban J connectivity index is 1.92. The fourth-order valence-corrected chi connectivity index (χ4v) is 2.33. The van der Waals surface area contributed by atoms with Crippen LogP contribution in [0.2, 0.25) is 0 Å². The molecule has 25 heavy (non-hydrogen) atoms. The van der Waals surface area contributed by atoms with Crippen molar-refractivity contribution in [1.29, 1.82) is 0 Å². The average molecular weight is 340 g/mol. The van der Waals surface area contributed by atoms with Crippen molar-refractivity contribution in [3.8, 4) is 0 Å². The summed E-state index contributed by atoms with van der Waals surface area (Å²) in [6, 6.07) is 16.5. The first kappa shape index (κ1) is 18.5. The van der Waals surface area contributed by atoms with Crippen LogP contribution in [-0.2, 0) is 9.53 Å². The molecule has 2 rings (SSSR count). The van der Waals surface area contributed by atoms with E-state index < -0.39 is 12.1 Å². The van der Waals surface area contributed by atoms with Gasteiger partial charge in [-0.25, -0.2) is 4.79 Å². The van der Waals surface area contributed by atoms with E-state index in [0.29, 0.717) is 5.56 Å². The van der Waals surface area contributed by atoms with Gasteiger partial charge in [-0.1, -0.05) is 30.3 Å². The summed E-state index contributed by atoms with van der Waals surface area (Å²) in [5, 5.41) is 2.85. The van der Waals surface area contributed by atoms with Crippen LogP contribution in [0.3, 0.4) is 0 Å². The lowest BCUT2D eigenvalue weighted by molar-refractivity contribution is -0.129. The molecule has 0 saturated carbocycles. The molecule has 0 bridgehead atoms. The zero-order valence-electron chi connectivity index (χ0n) is 15.0. The molecular weight excluding hydrogens is 316 g/mol. The monoisotopic (exact) mass is 340 g/mol. The van der Waals surface area contributed by atoms with Crippen molar-refractivity contribution >= 4 is 17.6 Å². The van der Waals surface area contributed by atoms with Crippen LogP contribution in [0.1, 0.15) is 35.8 Å². The molecular formula is C20H24N2O3. The number of hydrogen-bond acceptors (Lipinski definition) is 4. The van der Waals surface area contributed by atoms with Gasteiger partial charge in [-0.15, -0.1) is 0 Å². The third kappa shape index (κ3) is 5.08. The minimum atomic E-state index is -0.868. The van der Waals surface area contributed by atoms with E-state index in [-0.39, 0.29) is 11.9 Å². The van der Waals surface area contributed by atoms with Crippen molar-refractivity contribution in [3.05, 3.63) is 65.7 Å².